The molecule has 0 heterocycles. The number of hydrogen-bond donors (Lipinski definition) is 2. The third-order valence-electron chi connectivity index (χ3n) is 2.51. The fourth-order valence-corrected chi connectivity index (χ4v) is 1.54. The number of hydrogen-bond acceptors (Lipinski definition) is 3. The number of ether oxygens (including phenoxy) is 1. The van der Waals surface area contributed by atoms with Gasteiger partial charge in [0.1, 0.15) is 0 Å². The minimum Gasteiger partial charge on any atom is -0.397 e. The Kier molecular flexibility index (Phi) is 5.95. The summed E-state index contributed by atoms with van der Waals surface area (Å²) >= 11 is 0. The van der Waals surface area contributed by atoms with Crippen LogP contribution >= 0.6 is 0 Å². The SMILES string of the molecule is CCCOCCCNc1ccc(C(F)(F)F)cc1N. The Morgan fingerprint density at radius 3 is 2.58 bits per heavy atom. The predicted molar refractivity (Wildman–Crippen MR) is 70.1 cm³/mol. The molecule has 1 aromatic rings. The van der Waals surface area contributed by atoms with Crippen LogP contribution in [0.25, 0.3) is 0 Å². The van der Waals surface area contributed by atoms with Crippen LogP contribution in [0.5, 0.6) is 0 Å². The van der Waals surface area contributed by atoms with Crippen LogP contribution in [0, 0.1) is 0 Å². The highest BCUT2D eigenvalue weighted by atomic mass is 19.4. The lowest BCUT2D eigenvalue weighted by molar-refractivity contribution is -0.137. The predicted octanol–water partition coefficient (Wildman–Crippen LogP) is 3.52. The Balaban J connectivity index is 2.43. The molecule has 19 heavy (non-hydrogen) atoms. The van der Waals surface area contributed by atoms with Crippen molar-refractivity contribution in [3.8, 4) is 0 Å². The van der Waals surface area contributed by atoms with Crippen molar-refractivity contribution in [2.45, 2.75) is 25.9 Å². The molecule has 0 unspecified atom stereocenters. The molecule has 0 spiro atoms. The number of anilines is 2. The van der Waals surface area contributed by atoms with E-state index in [1.165, 1.54) is 6.07 Å². The maximum absolute atomic E-state index is 12.4. The van der Waals surface area contributed by atoms with Gasteiger partial charge in [0.25, 0.3) is 0 Å². The largest absolute Gasteiger partial charge is 0.416 e. The van der Waals surface area contributed by atoms with Crippen LogP contribution in [-0.2, 0) is 10.9 Å². The number of nitrogen functional groups attached to an aromatic ring is 1. The maximum atomic E-state index is 12.4. The lowest BCUT2D eigenvalue weighted by Crippen LogP contribution is -2.10. The van der Waals surface area contributed by atoms with Crippen LogP contribution < -0.4 is 11.1 Å². The second-order valence-corrected chi connectivity index (χ2v) is 4.19. The summed E-state index contributed by atoms with van der Waals surface area (Å²) in [4.78, 5) is 0. The average molecular weight is 276 g/mol. The van der Waals surface area contributed by atoms with Gasteiger partial charge in [-0.05, 0) is 31.0 Å². The minimum absolute atomic E-state index is 0.101. The molecule has 0 radical (unpaired) electrons. The van der Waals surface area contributed by atoms with Crippen molar-refractivity contribution in [2.24, 2.45) is 0 Å². The molecule has 3 N–H and O–H groups in total. The van der Waals surface area contributed by atoms with Crippen molar-refractivity contribution in [3.05, 3.63) is 23.8 Å². The zero-order valence-corrected chi connectivity index (χ0v) is 10.9. The van der Waals surface area contributed by atoms with Crippen LogP contribution in [-0.4, -0.2) is 19.8 Å². The molecule has 0 aromatic heterocycles. The van der Waals surface area contributed by atoms with Gasteiger partial charge in [0, 0.05) is 19.8 Å². The molecule has 0 aliphatic heterocycles. The van der Waals surface area contributed by atoms with Crippen LogP contribution in [0.4, 0.5) is 24.5 Å². The zero-order chi connectivity index (χ0) is 14.3. The van der Waals surface area contributed by atoms with Crippen molar-refractivity contribution in [3.63, 3.8) is 0 Å². The molecule has 0 amide bonds. The quantitative estimate of drug-likeness (QED) is 0.591. The van der Waals surface area contributed by atoms with Crippen molar-refractivity contribution >= 4 is 11.4 Å². The molecule has 0 atom stereocenters. The maximum Gasteiger partial charge on any atom is 0.416 e. The number of halogens is 3. The van der Waals surface area contributed by atoms with Crippen molar-refractivity contribution in [2.75, 3.05) is 30.8 Å². The number of nitrogens with two attached hydrogens (primary N) is 1. The summed E-state index contributed by atoms with van der Waals surface area (Å²) in [6.07, 6.45) is -2.61. The molecule has 0 saturated carbocycles. The van der Waals surface area contributed by atoms with Crippen LogP contribution in [0.1, 0.15) is 25.3 Å². The summed E-state index contributed by atoms with van der Waals surface area (Å²) in [5.74, 6) is 0. The van der Waals surface area contributed by atoms with Gasteiger partial charge in [-0.25, -0.2) is 0 Å². The Labute approximate surface area is 110 Å². The van der Waals surface area contributed by atoms with E-state index in [2.05, 4.69) is 5.32 Å². The van der Waals surface area contributed by atoms with Crippen molar-refractivity contribution in [1.82, 2.24) is 0 Å². The summed E-state index contributed by atoms with van der Waals surface area (Å²) in [6, 6.07) is 3.31. The molecule has 6 heteroatoms. The van der Waals surface area contributed by atoms with Crippen LogP contribution in [0.2, 0.25) is 0 Å². The molecular weight excluding hydrogens is 257 g/mol. The lowest BCUT2D eigenvalue weighted by Gasteiger charge is -2.12. The van der Waals surface area contributed by atoms with Gasteiger partial charge < -0.3 is 15.8 Å². The van der Waals surface area contributed by atoms with E-state index in [1.807, 2.05) is 6.92 Å². The van der Waals surface area contributed by atoms with Gasteiger partial charge in [0.2, 0.25) is 0 Å². The minimum atomic E-state index is -4.36. The molecule has 0 saturated heterocycles. The monoisotopic (exact) mass is 276 g/mol. The van der Waals surface area contributed by atoms with E-state index >= 15 is 0 Å². The highest BCUT2D eigenvalue weighted by Gasteiger charge is 2.30. The van der Waals surface area contributed by atoms with Gasteiger partial charge in [0.05, 0.1) is 16.9 Å². The second kappa shape index (κ2) is 7.23. The Morgan fingerprint density at radius 2 is 2.00 bits per heavy atom. The Bertz CT molecular complexity index is 394. The van der Waals surface area contributed by atoms with Gasteiger partial charge in [-0.15, -0.1) is 0 Å². The number of nitrogens with one attached hydrogen (secondary N) is 1. The van der Waals surface area contributed by atoms with Gasteiger partial charge in [-0.1, -0.05) is 6.92 Å². The van der Waals surface area contributed by atoms with Crippen LogP contribution in [0.15, 0.2) is 18.2 Å². The third kappa shape index (κ3) is 5.38. The normalized spacial score (nSPS) is 11.6. The molecule has 3 nitrogen and oxygen atoms in total. The molecular formula is C13H19F3N2O. The van der Waals surface area contributed by atoms with Gasteiger partial charge >= 0.3 is 6.18 Å². The van der Waals surface area contributed by atoms with E-state index < -0.39 is 11.7 Å². The summed E-state index contributed by atoms with van der Waals surface area (Å²) in [5, 5.41) is 3.00. The summed E-state index contributed by atoms with van der Waals surface area (Å²) in [7, 11) is 0. The van der Waals surface area contributed by atoms with E-state index in [0.717, 1.165) is 31.6 Å². The lowest BCUT2D eigenvalue weighted by atomic mass is 10.1. The van der Waals surface area contributed by atoms with Gasteiger partial charge in [-0.3, -0.25) is 0 Å². The van der Waals surface area contributed by atoms with E-state index in [9.17, 15) is 13.2 Å². The second-order valence-electron chi connectivity index (χ2n) is 4.19. The first-order valence-electron chi connectivity index (χ1n) is 6.23. The number of alkyl halides is 3. The Morgan fingerprint density at radius 1 is 1.26 bits per heavy atom. The molecule has 0 aliphatic rings. The Hall–Kier alpha value is -1.43. The van der Waals surface area contributed by atoms with Crippen molar-refractivity contribution < 1.29 is 17.9 Å². The third-order valence-corrected chi connectivity index (χ3v) is 2.51. The smallest absolute Gasteiger partial charge is 0.397 e. The highest BCUT2D eigenvalue weighted by molar-refractivity contribution is 5.67. The summed E-state index contributed by atoms with van der Waals surface area (Å²) in [6.45, 7) is 3.99. The molecule has 0 fully saturated rings. The van der Waals surface area contributed by atoms with Gasteiger partial charge in [-0.2, -0.15) is 13.2 Å². The fourth-order valence-electron chi connectivity index (χ4n) is 1.54. The number of benzene rings is 1. The van der Waals surface area contributed by atoms with E-state index in [1.54, 1.807) is 0 Å². The number of rotatable bonds is 7. The first kappa shape index (κ1) is 15.6. The zero-order valence-electron chi connectivity index (χ0n) is 10.9. The first-order chi connectivity index (χ1) is 8.95. The molecule has 108 valence electrons. The summed E-state index contributed by atoms with van der Waals surface area (Å²) < 4.78 is 42.6. The summed E-state index contributed by atoms with van der Waals surface area (Å²) in [5.41, 5.74) is 5.47. The molecule has 1 aromatic carbocycles. The van der Waals surface area contributed by atoms with E-state index in [-0.39, 0.29) is 5.69 Å². The topological polar surface area (TPSA) is 47.3 Å². The molecule has 1 rings (SSSR count). The highest BCUT2D eigenvalue weighted by Crippen LogP contribution is 2.32. The van der Waals surface area contributed by atoms with Gasteiger partial charge in [0.15, 0.2) is 0 Å². The van der Waals surface area contributed by atoms with Crippen LogP contribution in [0.3, 0.4) is 0 Å². The standard InChI is InChI=1S/C13H19F3N2O/c1-2-7-19-8-3-6-18-12-5-4-10(9-11(12)17)13(14,15)16/h4-5,9,18H,2-3,6-8,17H2,1H3. The average Bonchev–Trinajstić information content (AvgIpc) is 2.34. The van der Waals surface area contributed by atoms with Crippen molar-refractivity contribution in [1.29, 1.82) is 0 Å². The van der Waals surface area contributed by atoms with E-state index in [0.29, 0.717) is 18.8 Å². The fraction of sp³-hybridized carbons (Fsp3) is 0.538. The molecule has 0 aliphatic carbocycles. The molecule has 0 bridgehead atoms. The first-order valence-corrected chi connectivity index (χ1v) is 6.23. The van der Waals surface area contributed by atoms with E-state index in [4.69, 9.17) is 10.5 Å².